The van der Waals surface area contributed by atoms with Crippen LogP contribution in [-0.2, 0) is 7.05 Å². The topological polar surface area (TPSA) is 91.2 Å². The van der Waals surface area contributed by atoms with Gasteiger partial charge in [-0.1, -0.05) is 0 Å². The van der Waals surface area contributed by atoms with Gasteiger partial charge in [-0.05, 0) is 24.1 Å². The molecule has 1 fully saturated rings. The van der Waals surface area contributed by atoms with Crippen molar-refractivity contribution in [3.63, 3.8) is 0 Å². The van der Waals surface area contributed by atoms with E-state index >= 15 is 0 Å². The molecule has 1 atom stereocenters. The van der Waals surface area contributed by atoms with Crippen LogP contribution in [0.15, 0.2) is 36.9 Å². The second-order valence-corrected chi connectivity index (χ2v) is 6.20. The minimum absolute atomic E-state index is 0.0193. The summed E-state index contributed by atoms with van der Waals surface area (Å²) in [5, 5.41) is 16.0. The molecule has 1 amide bonds. The van der Waals surface area contributed by atoms with Crippen LogP contribution in [0, 0.1) is 11.5 Å². The van der Waals surface area contributed by atoms with Crippen LogP contribution in [0.3, 0.4) is 0 Å². The minimum Gasteiger partial charge on any atom is -0.345 e. The van der Waals surface area contributed by atoms with Crippen molar-refractivity contribution >= 4 is 11.4 Å². The van der Waals surface area contributed by atoms with Crippen LogP contribution in [0.25, 0.3) is 16.6 Å². The molecule has 0 radical (unpaired) electrons. The largest absolute Gasteiger partial charge is 0.345 e. The highest BCUT2D eigenvalue weighted by Crippen LogP contribution is 2.21. The van der Waals surface area contributed by atoms with Gasteiger partial charge in [0, 0.05) is 44.1 Å². The number of carbonyl (C=O) groups is 1. The third kappa shape index (κ3) is 2.80. The number of nitrogens with one attached hydrogen (secondary N) is 1. The highest BCUT2D eigenvalue weighted by atomic mass is 16.2. The Balaban J connectivity index is 1.57. The number of aryl methyl sites for hydroxylation is 1. The van der Waals surface area contributed by atoms with Crippen LogP contribution in [0.2, 0.25) is 0 Å². The number of carbonyl (C=O) groups excluding carboxylic acids is 1. The van der Waals surface area contributed by atoms with Crippen molar-refractivity contribution in [2.75, 3.05) is 13.1 Å². The average Bonchev–Trinajstić information content (AvgIpc) is 3.33. The molecular weight excluding hydrogens is 318 g/mol. The fourth-order valence-corrected chi connectivity index (χ4v) is 3.14. The monoisotopic (exact) mass is 335 g/mol. The van der Waals surface area contributed by atoms with Crippen LogP contribution in [-0.4, -0.2) is 49.1 Å². The molecule has 0 saturated carbocycles. The molecule has 3 aromatic rings. The summed E-state index contributed by atoms with van der Waals surface area (Å²) in [4.78, 5) is 18.4. The van der Waals surface area contributed by atoms with Crippen molar-refractivity contribution in [2.24, 2.45) is 7.05 Å². The number of nitriles is 1. The van der Waals surface area contributed by atoms with Crippen LogP contribution < -0.4 is 5.32 Å². The van der Waals surface area contributed by atoms with Crippen LogP contribution >= 0.6 is 0 Å². The van der Waals surface area contributed by atoms with Gasteiger partial charge in [-0.15, -0.1) is 0 Å². The lowest BCUT2D eigenvalue weighted by molar-refractivity contribution is 0.0927. The number of pyridine rings is 1. The third-order valence-electron chi connectivity index (χ3n) is 4.44. The van der Waals surface area contributed by atoms with Gasteiger partial charge in [-0.3, -0.25) is 13.9 Å². The summed E-state index contributed by atoms with van der Waals surface area (Å²) in [5.74, 6) is 0.127. The Morgan fingerprint density at radius 1 is 1.40 bits per heavy atom. The van der Waals surface area contributed by atoms with Crippen molar-refractivity contribution in [3.05, 3.63) is 42.7 Å². The van der Waals surface area contributed by atoms with E-state index in [0.717, 1.165) is 23.1 Å². The van der Waals surface area contributed by atoms with Crippen molar-refractivity contribution in [2.45, 2.75) is 12.5 Å². The Morgan fingerprint density at radius 2 is 2.28 bits per heavy atom. The van der Waals surface area contributed by atoms with Crippen molar-refractivity contribution in [1.29, 1.82) is 5.26 Å². The molecular formula is C17H17N7O. The Kier molecular flexibility index (Phi) is 3.61. The van der Waals surface area contributed by atoms with Gasteiger partial charge in [-0.25, -0.2) is 4.98 Å². The fraction of sp³-hybridized carbons (Fsp3) is 0.294. The van der Waals surface area contributed by atoms with Gasteiger partial charge in [0.25, 0.3) is 5.91 Å². The lowest BCUT2D eigenvalue weighted by Crippen LogP contribution is -2.37. The van der Waals surface area contributed by atoms with Crippen LogP contribution in [0.5, 0.6) is 0 Å². The number of amides is 1. The Bertz CT molecular complexity index is 980. The number of rotatable bonds is 3. The number of fused-ring (bicyclic) bond motifs is 1. The number of hydrogen-bond acceptors (Lipinski definition) is 5. The molecule has 0 aromatic carbocycles. The maximum absolute atomic E-state index is 12.5. The van der Waals surface area contributed by atoms with E-state index in [2.05, 4.69) is 21.6 Å². The first kappa shape index (κ1) is 15.2. The summed E-state index contributed by atoms with van der Waals surface area (Å²) in [7, 11) is 1.87. The second kappa shape index (κ2) is 5.94. The Labute approximate surface area is 144 Å². The highest BCUT2D eigenvalue weighted by molar-refractivity contribution is 5.92. The van der Waals surface area contributed by atoms with Crippen LogP contribution in [0.4, 0.5) is 0 Å². The lowest BCUT2D eigenvalue weighted by Gasteiger charge is -2.11. The number of aromatic nitrogens is 4. The van der Waals surface area contributed by atoms with E-state index in [4.69, 9.17) is 5.26 Å². The quantitative estimate of drug-likeness (QED) is 0.722. The zero-order valence-corrected chi connectivity index (χ0v) is 13.8. The Hall–Kier alpha value is -3.34. The summed E-state index contributed by atoms with van der Waals surface area (Å²) in [6.07, 6.45) is 10.2. The van der Waals surface area contributed by atoms with Crippen LogP contribution in [0.1, 0.15) is 17.0 Å². The first-order chi connectivity index (χ1) is 12.1. The lowest BCUT2D eigenvalue weighted by atomic mass is 10.1. The smallest absolute Gasteiger partial charge is 0.287 e. The molecule has 126 valence electrons. The average molecular weight is 335 g/mol. The maximum Gasteiger partial charge on any atom is 0.287 e. The minimum atomic E-state index is -0.223. The zero-order valence-electron chi connectivity index (χ0n) is 13.8. The molecule has 1 saturated heterocycles. The summed E-state index contributed by atoms with van der Waals surface area (Å²) in [6.45, 7) is 1.23. The van der Waals surface area contributed by atoms with Gasteiger partial charge in [-0.2, -0.15) is 10.4 Å². The summed E-state index contributed by atoms with van der Waals surface area (Å²) >= 11 is 0. The van der Waals surface area contributed by atoms with E-state index in [-0.39, 0.29) is 11.9 Å². The van der Waals surface area contributed by atoms with Crippen molar-refractivity contribution in [1.82, 2.24) is 29.4 Å². The standard InChI is InChI=1S/C17H17N7O/c1-22-9-13(7-20-22)12-2-5-24-15(6-12)8-19-16(24)17(25)21-14-3-4-23(10-14)11-18/h2,5-9,14H,3-4,10H2,1H3,(H,21,25). The fourth-order valence-electron chi connectivity index (χ4n) is 3.14. The summed E-state index contributed by atoms with van der Waals surface area (Å²) in [5.41, 5.74) is 2.88. The van der Waals surface area contributed by atoms with E-state index in [1.807, 2.05) is 31.6 Å². The molecule has 0 spiro atoms. The highest BCUT2D eigenvalue weighted by Gasteiger charge is 2.24. The zero-order chi connectivity index (χ0) is 17.4. The first-order valence-corrected chi connectivity index (χ1v) is 8.06. The predicted octanol–water partition coefficient (Wildman–Crippen LogP) is 1.02. The molecule has 1 N–H and O–H groups in total. The normalized spacial score (nSPS) is 17.0. The van der Waals surface area contributed by atoms with Gasteiger partial charge < -0.3 is 10.2 Å². The molecule has 1 aliphatic heterocycles. The molecule has 0 aliphatic carbocycles. The van der Waals surface area contributed by atoms with E-state index in [1.165, 1.54) is 0 Å². The van der Waals surface area contributed by atoms with Gasteiger partial charge in [0.05, 0.1) is 17.9 Å². The number of nitrogens with zero attached hydrogens (tertiary/aromatic N) is 6. The third-order valence-corrected chi connectivity index (χ3v) is 4.44. The van der Waals surface area contributed by atoms with Gasteiger partial charge in [0.2, 0.25) is 5.82 Å². The maximum atomic E-state index is 12.5. The summed E-state index contributed by atoms with van der Waals surface area (Å²) in [6, 6.07) is 3.90. The first-order valence-electron chi connectivity index (χ1n) is 8.06. The molecule has 4 rings (SSSR count). The van der Waals surface area contributed by atoms with E-state index < -0.39 is 0 Å². The van der Waals surface area contributed by atoms with E-state index in [1.54, 1.807) is 26.4 Å². The Morgan fingerprint density at radius 3 is 3.00 bits per heavy atom. The van der Waals surface area contributed by atoms with Gasteiger partial charge in [0.15, 0.2) is 6.19 Å². The molecule has 3 aromatic heterocycles. The predicted molar refractivity (Wildman–Crippen MR) is 90.5 cm³/mol. The van der Waals surface area contributed by atoms with E-state index in [0.29, 0.717) is 18.9 Å². The molecule has 25 heavy (non-hydrogen) atoms. The molecule has 4 heterocycles. The molecule has 0 bridgehead atoms. The SMILES string of the molecule is Cn1cc(-c2ccn3c(C(=O)NC4CCN(C#N)C4)ncc3c2)cn1. The molecule has 1 unspecified atom stereocenters. The summed E-state index contributed by atoms with van der Waals surface area (Å²) < 4.78 is 3.52. The van der Waals surface area contributed by atoms with Gasteiger partial charge in [0.1, 0.15) is 0 Å². The van der Waals surface area contributed by atoms with Gasteiger partial charge >= 0.3 is 0 Å². The van der Waals surface area contributed by atoms with Crippen molar-refractivity contribution < 1.29 is 4.79 Å². The second-order valence-electron chi connectivity index (χ2n) is 6.20. The molecule has 8 heteroatoms. The van der Waals surface area contributed by atoms with Crippen molar-refractivity contribution in [3.8, 4) is 17.3 Å². The van der Waals surface area contributed by atoms with E-state index in [9.17, 15) is 4.79 Å². The molecule has 8 nitrogen and oxygen atoms in total. The molecule has 1 aliphatic rings. The number of likely N-dealkylation sites (tertiary alicyclic amines) is 1. The number of hydrogen-bond donors (Lipinski definition) is 1. The number of imidazole rings is 1.